The number of nitrogens with zero attached hydrogens (tertiary/aromatic N) is 2. The maximum atomic E-state index is 6.03. The number of nitrogen functional groups attached to an aromatic ring is 1. The van der Waals surface area contributed by atoms with E-state index in [4.69, 9.17) is 5.73 Å². The number of benzene rings is 1. The number of hydrogen-bond donors (Lipinski definition) is 1. The van der Waals surface area contributed by atoms with E-state index in [2.05, 4.69) is 36.2 Å². The molecule has 0 bridgehead atoms. The predicted octanol–water partition coefficient (Wildman–Crippen LogP) is 3.39. The molecule has 0 amide bonds. The molecule has 0 radical (unpaired) electrons. The van der Waals surface area contributed by atoms with Crippen molar-refractivity contribution >= 4 is 33.9 Å². The Hall–Kier alpha value is -1.42. The minimum absolute atomic E-state index is 0.500. The van der Waals surface area contributed by atoms with Gasteiger partial charge in [0.1, 0.15) is 0 Å². The van der Waals surface area contributed by atoms with Gasteiger partial charge in [-0.3, -0.25) is 4.98 Å². The summed E-state index contributed by atoms with van der Waals surface area (Å²) in [6.07, 6.45) is 7.01. The molecule has 0 fully saturated rings. The molecule has 0 spiro atoms. The Morgan fingerprint density at radius 2 is 2.11 bits per heavy atom. The van der Waals surface area contributed by atoms with Gasteiger partial charge in [-0.05, 0) is 43.6 Å². The summed E-state index contributed by atoms with van der Waals surface area (Å²) >= 11 is 1.89. The lowest BCUT2D eigenvalue weighted by Gasteiger charge is -2.28. The number of hydrogen-bond acceptors (Lipinski definition) is 4. The average Bonchev–Trinajstić information content (AvgIpc) is 2.45. The molecule has 0 saturated carbocycles. The van der Waals surface area contributed by atoms with Crippen LogP contribution in [-0.2, 0) is 0 Å². The van der Waals surface area contributed by atoms with Crippen LogP contribution >= 0.6 is 11.8 Å². The second kappa shape index (κ2) is 6.15. The smallest absolute Gasteiger partial charge is 0.0462 e. The van der Waals surface area contributed by atoms with Crippen molar-refractivity contribution in [2.75, 3.05) is 29.7 Å². The zero-order chi connectivity index (χ0) is 13.8. The quantitative estimate of drug-likeness (QED) is 0.849. The van der Waals surface area contributed by atoms with Gasteiger partial charge >= 0.3 is 0 Å². The fourth-order valence-corrected chi connectivity index (χ4v) is 2.80. The highest BCUT2D eigenvalue weighted by Gasteiger charge is 2.13. The van der Waals surface area contributed by atoms with Gasteiger partial charge in [0.25, 0.3) is 0 Å². The van der Waals surface area contributed by atoms with E-state index in [0.717, 1.165) is 16.5 Å². The first-order valence-corrected chi connectivity index (χ1v) is 7.88. The fourth-order valence-electron chi connectivity index (χ4n) is 2.23. The van der Waals surface area contributed by atoms with E-state index in [1.165, 1.54) is 17.9 Å². The third kappa shape index (κ3) is 2.95. The van der Waals surface area contributed by atoms with Crippen LogP contribution in [0.3, 0.4) is 0 Å². The molecule has 0 aliphatic carbocycles. The largest absolute Gasteiger partial charge is 0.398 e. The van der Waals surface area contributed by atoms with Gasteiger partial charge in [-0.2, -0.15) is 11.8 Å². The Morgan fingerprint density at radius 1 is 1.32 bits per heavy atom. The van der Waals surface area contributed by atoms with E-state index in [1.807, 2.05) is 30.1 Å². The van der Waals surface area contributed by atoms with E-state index in [1.54, 1.807) is 6.20 Å². The molecule has 1 aromatic carbocycles. The van der Waals surface area contributed by atoms with Crippen molar-refractivity contribution in [3.63, 3.8) is 0 Å². The number of pyridine rings is 1. The topological polar surface area (TPSA) is 42.1 Å². The van der Waals surface area contributed by atoms with E-state index in [-0.39, 0.29) is 0 Å². The number of nitrogens with two attached hydrogens (primary N) is 1. The van der Waals surface area contributed by atoms with Gasteiger partial charge < -0.3 is 10.6 Å². The van der Waals surface area contributed by atoms with Crippen molar-refractivity contribution < 1.29 is 0 Å². The van der Waals surface area contributed by atoms with E-state index < -0.39 is 0 Å². The highest BCUT2D eigenvalue weighted by Crippen LogP contribution is 2.31. The average molecular weight is 275 g/mol. The Kier molecular flexibility index (Phi) is 4.53. The Balaban J connectivity index is 2.37. The Morgan fingerprint density at radius 3 is 2.84 bits per heavy atom. The van der Waals surface area contributed by atoms with Crippen molar-refractivity contribution in [2.24, 2.45) is 0 Å². The molecule has 102 valence electrons. The molecule has 0 saturated heterocycles. The highest BCUT2D eigenvalue weighted by atomic mass is 32.2. The minimum Gasteiger partial charge on any atom is -0.398 e. The molecule has 2 N–H and O–H groups in total. The van der Waals surface area contributed by atoms with Crippen molar-refractivity contribution in [1.82, 2.24) is 4.98 Å². The molecule has 2 aromatic rings. The zero-order valence-corrected chi connectivity index (χ0v) is 12.6. The van der Waals surface area contributed by atoms with Crippen LogP contribution in [0.1, 0.15) is 13.3 Å². The van der Waals surface area contributed by atoms with Crippen LogP contribution in [0.5, 0.6) is 0 Å². The molecule has 0 aliphatic heterocycles. The molecule has 0 aliphatic rings. The predicted molar refractivity (Wildman–Crippen MR) is 87.0 cm³/mol. The molecule has 1 heterocycles. The lowest BCUT2D eigenvalue weighted by Crippen LogP contribution is -2.29. The monoisotopic (exact) mass is 275 g/mol. The van der Waals surface area contributed by atoms with Crippen molar-refractivity contribution in [2.45, 2.75) is 19.4 Å². The summed E-state index contributed by atoms with van der Waals surface area (Å²) in [6.45, 7) is 2.26. The number of aromatic nitrogens is 1. The minimum atomic E-state index is 0.500. The third-order valence-corrected chi connectivity index (χ3v) is 4.25. The van der Waals surface area contributed by atoms with Crippen LogP contribution in [-0.4, -0.2) is 30.1 Å². The second-order valence-electron chi connectivity index (χ2n) is 4.84. The number of fused-ring (bicyclic) bond motifs is 1. The summed E-state index contributed by atoms with van der Waals surface area (Å²) in [4.78, 5) is 6.55. The summed E-state index contributed by atoms with van der Waals surface area (Å²) in [5, 5.41) is 2.21. The molecule has 1 atom stereocenters. The van der Waals surface area contributed by atoms with E-state index in [0.29, 0.717) is 6.04 Å². The molecule has 3 nitrogen and oxygen atoms in total. The van der Waals surface area contributed by atoms with Crippen LogP contribution in [0.15, 0.2) is 30.6 Å². The SMILES string of the molecule is CSCCC(C)N(C)c1ccc(N)c2ccncc12. The summed E-state index contributed by atoms with van der Waals surface area (Å²) < 4.78 is 0. The number of anilines is 2. The van der Waals surface area contributed by atoms with Gasteiger partial charge in [0.05, 0.1) is 0 Å². The summed E-state index contributed by atoms with van der Waals surface area (Å²) in [7, 11) is 2.14. The summed E-state index contributed by atoms with van der Waals surface area (Å²) in [5.41, 5.74) is 8.04. The van der Waals surface area contributed by atoms with Crippen molar-refractivity contribution in [3.8, 4) is 0 Å². The van der Waals surface area contributed by atoms with Crippen molar-refractivity contribution in [1.29, 1.82) is 0 Å². The number of thioether (sulfide) groups is 1. The van der Waals surface area contributed by atoms with Crippen LogP contribution in [0.2, 0.25) is 0 Å². The highest BCUT2D eigenvalue weighted by molar-refractivity contribution is 7.98. The van der Waals surface area contributed by atoms with Gasteiger partial charge in [0.2, 0.25) is 0 Å². The van der Waals surface area contributed by atoms with Gasteiger partial charge in [-0.15, -0.1) is 0 Å². The van der Waals surface area contributed by atoms with Gasteiger partial charge in [0.15, 0.2) is 0 Å². The zero-order valence-electron chi connectivity index (χ0n) is 11.8. The van der Waals surface area contributed by atoms with Crippen LogP contribution < -0.4 is 10.6 Å². The molecule has 1 unspecified atom stereocenters. The van der Waals surface area contributed by atoms with E-state index >= 15 is 0 Å². The lowest BCUT2D eigenvalue weighted by molar-refractivity contribution is 0.671. The van der Waals surface area contributed by atoms with Crippen LogP contribution in [0, 0.1) is 0 Å². The normalized spacial score (nSPS) is 12.6. The third-order valence-electron chi connectivity index (χ3n) is 3.61. The second-order valence-corrected chi connectivity index (χ2v) is 5.82. The maximum absolute atomic E-state index is 6.03. The van der Waals surface area contributed by atoms with Crippen LogP contribution in [0.25, 0.3) is 10.8 Å². The Bertz CT molecular complexity index is 556. The summed E-state index contributed by atoms with van der Waals surface area (Å²) in [5.74, 6) is 1.18. The maximum Gasteiger partial charge on any atom is 0.0462 e. The molecular weight excluding hydrogens is 254 g/mol. The summed E-state index contributed by atoms with van der Waals surface area (Å²) in [6, 6.07) is 6.55. The van der Waals surface area contributed by atoms with E-state index in [9.17, 15) is 0 Å². The molecule has 2 rings (SSSR count). The molecular formula is C15H21N3S. The van der Waals surface area contributed by atoms with Gasteiger partial charge in [-0.25, -0.2) is 0 Å². The number of rotatable bonds is 5. The lowest BCUT2D eigenvalue weighted by atomic mass is 10.1. The standard InChI is InChI=1S/C15H21N3S/c1-11(7-9-19-3)18(2)15-5-4-14(16)12-6-8-17-10-13(12)15/h4-6,8,10-11H,7,9,16H2,1-3H3. The molecule has 19 heavy (non-hydrogen) atoms. The van der Waals surface area contributed by atoms with Crippen LogP contribution in [0.4, 0.5) is 11.4 Å². The molecule has 4 heteroatoms. The first-order valence-electron chi connectivity index (χ1n) is 6.49. The Labute approximate surface area is 119 Å². The molecule has 1 aromatic heterocycles. The first kappa shape index (κ1) is 14.0. The van der Waals surface area contributed by atoms with Gasteiger partial charge in [-0.1, -0.05) is 0 Å². The van der Waals surface area contributed by atoms with Gasteiger partial charge in [0, 0.05) is 47.6 Å². The fraction of sp³-hybridized carbons (Fsp3) is 0.400. The first-order chi connectivity index (χ1) is 9.15. The van der Waals surface area contributed by atoms with Crippen molar-refractivity contribution in [3.05, 3.63) is 30.6 Å².